The van der Waals surface area contributed by atoms with E-state index in [-0.39, 0.29) is 6.10 Å². The van der Waals surface area contributed by atoms with Crippen LogP contribution in [0.4, 0.5) is 0 Å². The maximum atomic E-state index is 10.9. The molecule has 3 heteroatoms. The monoisotopic (exact) mass is 254 g/mol. The Morgan fingerprint density at radius 1 is 1.16 bits per heavy atom. The van der Waals surface area contributed by atoms with Gasteiger partial charge in [-0.3, -0.25) is 4.79 Å². The number of rotatable bonds is 4. The molecule has 2 aromatic rings. The minimum absolute atomic E-state index is 0.0112. The second kappa shape index (κ2) is 5.14. The topological polar surface area (TPSA) is 35.5 Å². The Balaban J connectivity index is 1.64. The summed E-state index contributed by atoms with van der Waals surface area (Å²) in [7, 11) is 0. The average molecular weight is 254 g/mol. The van der Waals surface area contributed by atoms with Crippen molar-refractivity contribution in [1.29, 1.82) is 0 Å². The number of para-hydroxylation sites is 2. The summed E-state index contributed by atoms with van der Waals surface area (Å²) in [6, 6.07) is 15.2. The second-order valence-electron chi connectivity index (χ2n) is 4.52. The van der Waals surface area contributed by atoms with Crippen molar-refractivity contribution in [3.05, 3.63) is 59.7 Å². The lowest BCUT2D eigenvalue weighted by Gasteiger charge is -2.13. The van der Waals surface area contributed by atoms with Crippen molar-refractivity contribution in [2.45, 2.75) is 12.5 Å². The number of hydrogen-bond acceptors (Lipinski definition) is 3. The number of carbonyl (C=O) groups excluding carboxylic acids is 1. The highest BCUT2D eigenvalue weighted by Crippen LogP contribution is 2.28. The van der Waals surface area contributed by atoms with Gasteiger partial charge in [-0.25, -0.2) is 0 Å². The van der Waals surface area contributed by atoms with Gasteiger partial charge in [0.25, 0.3) is 0 Å². The molecular weight excluding hydrogens is 240 g/mol. The van der Waals surface area contributed by atoms with Crippen molar-refractivity contribution >= 4 is 6.29 Å². The number of fused-ring (bicyclic) bond motifs is 1. The zero-order valence-electron chi connectivity index (χ0n) is 10.4. The molecule has 0 aromatic heterocycles. The molecular formula is C16H14O3. The summed E-state index contributed by atoms with van der Waals surface area (Å²) < 4.78 is 11.5. The normalized spacial score (nSPS) is 16.5. The van der Waals surface area contributed by atoms with Crippen molar-refractivity contribution in [1.82, 2.24) is 0 Å². The third-order valence-electron chi connectivity index (χ3n) is 3.18. The molecule has 1 heterocycles. The van der Waals surface area contributed by atoms with E-state index >= 15 is 0 Å². The maximum Gasteiger partial charge on any atom is 0.153 e. The van der Waals surface area contributed by atoms with E-state index in [1.54, 1.807) is 12.1 Å². The second-order valence-corrected chi connectivity index (χ2v) is 4.52. The van der Waals surface area contributed by atoms with Crippen molar-refractivity contribution < 1.29 is 14.3 Å². The van der Waals surface area contributed by atoms with E-state index in [1.807, 2.05) is 30.3 Å². The van der Waals surface area contributed by atoms with Gasteiger partial charge in [0.15, 0.2) is 6.29 Å². The van der Waals surface area contributed by atoms with Crippen molar-refractivity contribution in [3.8, 4) is 11.5 Å². The predicted octanol–water partition coefficient (Wildman–Crippen LogP) is 2.88. The summed E-state index contributed by atoms with van der Waals surface area (Å²) >= 11 is 0. The Morgan fingerprint density at radius 3 is 2.79 bits per heavy atom. The summed E-state index contributed by atoms with van der Waals surface area (Å²) in [5.74, 6) is 1.54. The molecule has 96 valence electrons. The van der Waals surface area contributed by atoms with Gasteiger partial charge in [0.05, 0.1) is 5.56 Å². The first-order chi connectivity index (χ1) is 9.36. The first kappa shape index (κ1) is 11.8. The molecule has 1 aliphatic rings. The number of aldehydes is 1. The van der Waals surface area contributed by atoms with E-state index < -0.39 is 0 Å². The molecule has 0 saturated carbocycles. The number of hydrogen-bond donors (Lipinski definition) is 0. The Labute approximate surface area is 111 Å². The van der Waals surface area contributed by atoms with E-state index in [1.165, 1.54) is 5.56 Å². The third-order valence-corrected chi connectivity index (χ3v) is 3.18. The van der Waals surface area contributed by atoms with Crippen LogP contribution in [0.25, 0.3) is 0 Å². The van der Waals surface area contributed by atoms with E-state index in [9.17, 15) is 4.79 Å². The first-order valence-corrected chi connectivity index (χ1v) is 6.28. The molecule has 1 unspecified atom stereocenters. The van der Waals surface area contributed by atoms with Crippen LogP contribution in [0.5, 0.6) is 11.5 Å². The maximum absolute atomic E-state index is 10.9. The van der Waals surface area contributed by atoms with Crippen LogP contribution in [0.1, 0.15) is 15.9 Å². The third kappa shape index (κ3) is 2.45. The number of ether oxygens (including phenoxy) is 2. The van der Waals surface area contributed by atoms with Crippen LogP contribution in [0.2, 0.25) is 0 Å². The molecule has 0 radical (unpaired) electrons. The van der Waals surface area contributed by atoms with Crippen LogP contribution in [0.15, 0.2) is 48.5 Å². The van der Waals surface area contributed by atoms with Gasteiger partial charge in [-0.2, -0.15) is 0 Å². The van der Waals surface area contributed by atoms with Crippen LogP contribution in [0, 0.1) is 0 Å². The molecule has 0 N–H and O–H groups in total. The molecule has 3 rings (SSSR count). The van der Waals surface area contributed by atoms with Crippen LogP contribution >= 0.6 is 0 Å². The van der Waals surface area contributed by atoms with Gasteiger partial charge in [0, 0.05) is 6.42 Å². The molecule has 0 fully saturated rings. The van der Waals surface area contributed by atoms with Gasteiger partial charge in [0.1, 0.15) is 24.2 Å². The highest BCUT2D eigenvalue weighted by molar-refractivity contribution is 5.79. The Bertz CT molecular complexity index is 567. The summed E-state index contributed by atoms with van der Waals surface area (Å²) in [5, 5.41) is 0. The predicted molar refractivity (Wildman–Crippen MR) is 71.9 cm³/mol. The fourth-order valence-corrected chi connectivity index (χ4v) is 2.24. The highest BCUT2D eigenvalue weighted by atomic mass is 16.5. The van der Waals surface area contributed by atoms with Crippen molar-refractivity contribution in [2.75, 3.05) is 6.61 Å². The lowest BCUT2D eigenvalue weighted by atomic mass is 10.1. The largest absolute Gasteiger partial charge is 0.489 e. The fraction of sp³-hybridized carbons (Fsp3) is 0.188. The Hall–Kier alpha value is -2.29. The summed E-state index contributed by atoms with van der Waals surface area (Å²) in [6.45, 7) is 0.444. The molecule has 1 atom stereocenters. The molecule has 1 aliphatic heterocycles. The summed E-state index contributed by atoms with van der Waals surface area (Å²) in [6.07, 6.45) is 1.66. The minimum atomic E-state index is 0.0112. The van der Waals surface area contributed by atoms with E-state index in [2.05, 4.69) is 6.07 Å². The minimum Gasteiger partial charge on any atom is -0.489 e. The highest BCUT2D eigenvalue weighted by Gasteiger charge is 2.22. The molecule has 0 spiro atoms. The molecule has 0 bridgehead atoms. The van der Waals surface area contributed by atoms with Crippen LogP contribution in [0.3, 0.4) is 0 Å². The zero-order valence-corrected chi connectivity index (χ0v) is 10.4. The number of carbonyl (C=O) groups is 1. The van der Waals surface area contributed by atoms with Gasteiger partial charge in [-0.15, -0.1) is 0 Å². The molecule has 0 aliphatic carbocycles. The quantitative estimate of drug-likeness (QED) is 0.787. The molecule has 19 heavy (non-hydrogen) atoms. The van der Waals surface area contributed by atoms with E-state index in [0.717, 1.165) is 18.5 Å². The Kier molecular flexibility index (Phi) is 3.19. The summed E-state index contributed by atoms with van der Waals surface area (Å²) in [5.41, 5.74) is 1.78. The fourth-order valence-electron chi connectivity index (χ4n) is 2.24. The molecule has 2 aromatic carbocycles. The van der Waals surface area contributed by atoms with Crippen LogP contribution in [-0.2, 0) is 6.42 Å². The van der Waals surface area contributed by atoms with Crippen LogP contribution in [-0.4, -0.2) is 19.0 Å². The number of benzene rings is 2. The van der Waals surface area contributed by atoms with E-state index in [0.29, 0.717) is 17.9 Å². The van der Waals surface area contributed by atoms with Gasteiger partial charge >= 0.3 is 0 Å². The van der Waals surface area contributed by atoms with E-state index in [4.69, 9.17) is 9.47 Å². The lowest BCUT2D eigenvalue weighted by Crippen LogP contribution is -2.22. The SMILES string of the molecule is O=Cc1ccccc1OCC1Cc2ccccc2O1. The molecule has 0 amide bonds. The van der Waals surface area contributed by atoms with Gasteiger partial charge in [-0.05, 0) is 23.8 Å². The van der Waals surface area contributed by atoms with Crippen molar-refractivity contribution in [2.24, 2.45) is 0 Å². The molecule has 3 nitrogen and oxygen atoms in total. The van der Waals surface area contributed by atoms with Crippen LogP contribution < -0.4 is 9.47 Å². The van der Waals surface area contributed by atoms with Gasteiger partial charge in [0.2, 0.25) is 0 Å². The Morgan fingerprint density at radius 2 is 1.95 bits per heavy atom. The van der Waals surface area contributed by atoms with Gasteiger partial charge in [-0.1, -0.05) is 30.3 Å². The lowest BCUT2D eigenvalue weighted by molar-refractivity contribution is 0.111. The van der Waals surface area contributed by atoms with Crippen molar-refractivity contribution in [3.63, 3.8) is 0 Å². The standard InChI is InChI=1S/C16H14O3/c17-10-13-6-2-3-7-15(13)18-11-14-9-12-5-1-4-8-16(12)19-14/h1-8,10,14H,9,11H2. The summed E-state index contributed by atoms with van der Waals surface area (Å²) in [4.78, 5) is 10.9. The molecule has 0 saturated heterocycles. The zero-order chi connectivity index (χ0) is 13.1. The average Bonchev–Trinajstić information content (AvgIpc) is 2.88. The first-order valence-electron chi connectivity index (χ1n) is 6.28. The van der Waals surface area contributed by atoms with Gasteiger partial charge < -0.3 is 9.47 Å². The smallest absolute Gasteiger partial charge is 0.153 e.